The van der Waals surface area contributed by atoms with Crippen molar-refractivity contribution in [1.82, 2.24) is 5.32 Å². The van der Waals surface area contributed by atoms with Gasteiger partial charge in [-0.15, -0.1) is 0 Å². The minimum absolute atomic E-state index is 0.0725. The number of halogens is 1. The standard InChI is InChI=1S/C26H24ClNO4/c27-23-14-6-1-8-17(23)9-7-15-24(25(29)30)28-26(31)32-16-22-20-12-4-2-10-18(20)19-11-3-5-13-21(19)22/h1-6,8,10-14,22,24H,7,9,15-16H2,(H,28,31)(H,29,30)/t24-/m0/s1. The largest absolute Gasteiger partial charge is 0.480 e. The molecule has 0 saturated carbocycles. The molecular weight excluding hydrogens is 426 g/mol. The maximum atomic E-state index is 12.4. The number of nitrogens with one attached hydrogen (secondary N) is 1. The SMILES string of the molecule is O=C(N[C@@H](CCCc1ccccc1Cl)C(=O)O)OCC1c2ccccc2-c2ccccc21. The molecule has 3 aromatic rings. The van der Waals surface area contributed by atoms with Crippen LogP contribution in [0.25, 0.3) is 11.1 Å². The van der Waals surface area contributed by atoms with E-state index in [1.54, 1.807) is 6.07 Å². The summed E-state index contributed by atoms with van der Waals surface area (Å²) >= 11 is 6.16. The summed E-state index contributed by atoms with van der Waals surface area (Å²) in [7, 11) is 0. The number of carbonyl (C=O) groups excluding carboxylic acids is 1. The number of carboxylic acids is 1. The number of aliphatic carboxylic acids is 1. The van der Waals surface area contributed by atoms with Crippen LogP contribution in [-0.4, -0.2) is 29.8 Å². The van der Waals surface area contributed by atoms with Crippen LogP contribution < -0.4 is 5.32 Å². The van der Waals surface area contributed by atoms with E-state index in [0.29, 0.717) is 17.9 Å². The molecule has 0 heterocycles. The zero-order chi connectivity index (χ0) is 22.5. The molecule has 4 rings (SSSR count). The van der Waals surface area contributed by atoms with Crippen LogP contribution in [0.3, 0.4) is 0 Å². The average molecular weight is 450 g/mol. The summed E-state index contributed by atoms with van der Waals surface area (Å²) in [5.74, 6) is -1.16. The lowest BCUT2D eigenvalue weighted by atomic mass is 9.98. The Balaban J connectivity index is 1.34. The number of ether oxygens (including phenoxy) is 1. The molecule has 0 bridgehead atoms. The molecule has 0 aromatic heterocycles. The van der Waals surface area contributed by atoms with Crippen molar-refractivity contribution in [3.05, 3.63) is 94.5 Å². The van der Waals surface area contributed by atoms with E-state index in [9.17, 15) is 14.7 Å². The van der Waals surface area contributed by atoms with E-state index in [-0.39, 0.29) is 18.9 Å². The number of carboxylic acid groups (broad SMARTS) is 1. The minimum Gasteiger partial charge on any atom is -0.480 e. The third-order valence-electron chi connectivity index (χ3n) is 5.83. The van der Waals surface area contributed by atoms with E-state index in [0.717, 1.165) is 27.8 Å². The van der Waals surface area contributed by atoms with Gasteiger partial charge in [0.1, 0.15) is 12.6 Å². The van der Waals surface area contributed by atoms with E-state index >= 15 is 0 Å². The number of carbonyl (C=O) groups is 2. The van der Waals surface area contributed by atoms with Crippen LogP contribution in [0, 0.1) is 0 Å². The molecule has 32 heavy (non-hydrogen) atoms. The number of aryl methyl sites for hydroxylation is 1. The van der Waals surface area contributed by atoms with Crippen molar-refractivity contribution >= 4 is 23.7 Å². The van der Waals surface area contributed by atoms with E-state index in [2.05, 4.69) is 17.4 Å². The van der Waals surface area contributed by atoms with Crippen LogP contribution in [0.15, 0.2) is 72.8 Å². The number of rotatable bonds is 8. The normalized spacial score (nSPS) is 13.2. The Bertz CT molecular complexity index is 1080. The summed E-state index contributed by atoms with van der Waals surface area (Å²) in [6, 6.07) is 22.6. The third-order valence-corrected chi connectivity index (χ3v) is 6.20. The molecule has 2 N–H and O–H groups in total. The van der Waals surface area contributed by atoms with Crippen LogP contribution >= 0.6 is 11.6 Å². The first kappa shape index (κ1) is 21.9. The first-order valence-electron chi connectivity index (χ1n) is 10.6. The van der Waals surface area contributed by atoms with E-state index < -0.39 is 18.1 Å². The summed E-state index contributed by atoms with van der Waals surface area (Å²) in [6.07, 6.45) is 0.766. The van der Waals surface area contributed by atoms with Crippen molar-refractivity contribution in [3.63, 3.8) is 0 Å². The zero-order valence-corrected chi connectivity index (χ0v) is 18.2. The number of benzene rings is 3. The maximum Gasteiger partial charge on any atom is 0.407 e. The molecule has 0 fully saturated rings. The molecule has 0 saturated heterocycles. The van der Waals surface area contributed by atoms with Crippen molar-refractivity contribution in [1.29, 1.82) is 0 Å². The van der Waals surface area contributed by atoms with Gasteiger partial charge in [0.15, 0.2) is 0 Å². The Hall–Kier alpha value is -3.31. The van der Waals surface area contributed by atoms with Gasteiger partial charge in [-0.25, -0.2) is 9.59 Å². The number of hydrogen-bond acceptors (Lipinski definition) is 3. The molecule has 6 heteroatoms. The molecule has 0 spiro atoms. The molecule has 3 aromatic carbocycles. The van der Waals surface area contributed by atoms with Crippen LogP contribution in [0.4, 0.5) is 4.79 Å². The molecule has 5 nitrogen and oxygen atoms in total. The van der Waals surface area contributed by atoms with Crippen LogP contribution in [0.2, 0.25) is 5.02 Å². The van der Waals surface area contributed by atoms with Crippen molar-refractivity contribution in [2.45, 2.75) is 31.2 Å². The van der Waals surface area contributed by atoms with Crippen molar-refractivity contribution in [3.8, 4) is 11.1 Å². The third kappa shape index (κ3) is 4.78. The lowest BCUT2D eigenvalue weighted by Gasteiger charge is -2.17. The Morgan fingerprint density at radius 1 is 0.938 bits per heavy atom. The number of alkyl carbamates (subject to hydrolysis) is 1. The van der Waals surface area contributed by atoms with Crippen LogP contribution in [0.1, 0.15) is 35.4 Å². The monoisotopic (exact) mass is 449 g/mol. The fraction of sp³-hybridized carbons (Fsp3) is 0.231. The summed E-state index contributed by atoms with van der Waals surface area (Å²) < 4.78 is 5.47. The minimum atomic E-state index is -1.09. The first-order valence-corrected chi connectivity index (χ1v) is 11.0. The molecular formula is C26H24ClNO4. The summed E-state index contributed by atoms with van der Waals surface area (Å²) in [6.45, 7) is 0.145. The smallest absolute Gasteiger partial charge is 0.407 e. The Labute approximate surface area is 192 Å². The van der Waals surface area contributed by atoms with Crippen LogP contribution in [0.5, 0.6) is 0 Å². The summed E-state index contributed by atoms with van der Waals surface area (Å²) in [4.78, 5) is 24.0. The van der Waals surface area contributed by atoms with Gasteiger partial charge in [0.25, 0.3) is 0 Å². The van der Waals surface area contributed by atoms with Gasteiger partial charge < -0.3 is 15.2 Å². The Morgan fingerprint density at radius 3 is 2.16 bits per heavy atom. The lowest BCUT2D eigenvalue weighted by molar-refractivity contribution is -0.139. The summed E-state index contributed by atoms with van der Waals surface area (Å²) in [5.41, 5.74) is 5.45. The Kier molecular flexibility index (Phi) is 6.76. The zero-order valence-electron chi connectivity index (χ0n) is 17.5. The second kappa shape index (κ2) is 9.88. The number of hydrogen-bond donors (Lipinski definition) is 2. The fourth-order valence-corrected chi connectivity index (χ4v) is 4.47. The average Bonchev–Trinajstić information content (AvgIpc) is 3.12. The Morgan fingerprint density at radius 2 is 1.53 bits per heavy atom. The second-order valence-electron chi connectivity index (χ2n) is 7.84. The summed E-state index contributed by atoms with van der Waals surface area (Å²) in [5, 5.41) is 12.7. The van der Waals surface area contributed by atoms with Gasteiger partial charge in [0, 0.05) is 10.9 Å². The van der Waals surface area contributed by atoms with Crippen molar-refractivity contribution in [2.24, 2.45) is 0 Å². The highest BCUT2D eigenvalue weighted by Crippen LogP contribution is 2.44. The van der Waals surface area contributed by atoms with Gasteiger partial charge in [0.2, 0.25) is 0 Å². The van der Waals surface area contributed by atoms with Gasteiger partial charge in [-0.2, -0.15) is 0 Å². The fourth-order valence-electron chi connectivity index (χ4n) is 4.24. The van der Waals surface area contributed by atoms with E-state index in [4.69, 9.17) is 16.3 Å². The molecule has 0 aliphatic heterocycles. The van der Waals surface area contributed by atoms with Crippen LogP contribution in [-0.2, 0) is 16.0 Å². The van der Waals surface area contributed by atoms with Crippen molar-refractivity contribution in [2.75, 3.05) is 6.61 Å². The van der Waals surface area contributed by atoms with Gasteiger partial charge in [0.05, 0.1) is 0 Å². The van der Waals surface area contributed by atoms with E-state index in [1.807, 2.05) is 54.6 Å². The topological polar surface area (TPSA) is 75.6 Å². The highest BCUT2D eigenvalue weighted by Gasteiger charge is 2.29. The highest BCUT2D eigenvalue weighted by atomic mass is 35.5. The molecule has 0 unspecified atom stereocenters. The molecule has 1 aliphatic rings. The predicted octanol–water partition coefficient (Wildman–Crippen LogP) is 5.65. The first-order chi connectivity index (χ1) is 15.5. The quantitative estimate of drug-likeness (QED) is 0.465. The predicted molar refractivity (Wildman–Crippen MR) is 124 cm³/mol. The van der Waals surface area contributed by atoms with Gasteiger partial charge in [-0.05, 0) is 53.1 Å². The number of amides is 1. The molecule has 0 radical (unpaired) electrons. The van der Waals surface area contributed by atoms with E-state index in [1.165, 1.54) is 0 Å². The number of fused-ring (bicyclic) bond motifs is 3. The van der Waals surface area contributed by atoms with Gasteiger partial charge in [-0.3, -0.25) is 0 Å². The molecule has 1 aliphatic carbocycles. The molecule has 1 atom stereocenters. The van der Waals surface area contributed by atoms with Gasteiger partial charge in [-0.1, -0.05) is 78.3 Å². The highest BCUT2D eigenvalue weighted by molar-refractivity contribution is 6.31. The molecule has 1 amide bonds. The lowest BCUT2D eigenvalue weighted by Crippen LogP contribution is -2.41. The molecule has 164 valence electrons. The second-order valence-corrected chi connectivity index (χ2v) is 8.25. The van der Waals surface area contributed by atoms with Gasteiger partial charge >= 0.3 is 12.1 Å². The maximum absolute atomic E-state index is 12.4. The van der Waals surface area contributed by atoms with Crippen molar-refractivity contribution < 1.29 is 19.4 Å².